The topological polar surface area (TPSA) is 81.6 Å². The van der Waals surface area contributed by atoms with Crippen LogP contribution in [0.2, 0.25) is 0 Å². The Bertz CT molecular complexity index is 669. The first-order chi connectivity index (χ1) is 9.95. The van der Waals surface area contributed by atoms with Crippen LogP contribution in [0.5, 0.6) is 11.5 Å². The molecule has 2 aromatic carbocycles. The zero-order chi connectivity index (χ0) is 15.4. The van der Waals surface area contributed by atoms with E-state index in [0.29, 0.717) is 6.54 Å². The lowest BCUT2D eigenvalue weighted by atomic mass is 10.1. The summed E-state index contributed by atoms with van der Waals surface area (Å²) in [5.41, 5.74) is 3.51. The molecule has 21 heavy (non-hydrogen) atoms. The van der Waals surface area contributed by atoms with Gasteiger partial charge in [-0.1, -0.05) is 12.1 Å². The number of amides is 1. The Hall–Kier alpha value is -2.69. The molecule has 0 unspecified atom stereocenters. The number of aryl methyl sites for hydroxylation is 1. The number of hydrogen-bond donors (Lipinski definition) is 4. The summed E-state index contributed by atoms with van der Waals surface area (Å²) in [7, 11) is 0. The second kappa shape index (κ2) is 6.17. The maximum Gasteiger partial charge on any atom is 0.221 e. The fraction of sp³-hybridized carbons (Fsp3) is 0.188. The Morgan fingerprint density at radius 2 is 1.86 bits per heavy atom. The van der Waals surface area contributed by atoms with E-state index in [1.165, 1.54) is 19.1 Å². The molecule has 0 heterocycles. The Balaban J connectivity index is 2.11. The number of benzene rings is 2. The second-order valence-electron chi connectivity index (χ2n) is 4.89. The van der Waals surface area contributed by atoms with Gasteiger partial charge < -0.3 is 20.8 Å². The van der Waals surface area contributed by atoms with Crippen molar-refractivity contribution in [2.45, 2.75) is 20.4 Å². The van der Waals surface area contributed by atoms with Gasteiger partial charge in [-0.15, -0.1) is 0 Å². The molecule has 4 N–H and O–H groups in total. The van der Waals surface area contributed by atoms with Crippen LogP contribution in [-0.4, -0.2) is 16.1 Å². The van der Waals surface area contributed by atoms with Crippen LogP contribution < -0.4 is 10.6 Å². The second-order valence-corrected chi connectivity index (χ2v) is 4.89. The van der Waals surface area contributed by atoms with Crippen LogP contribution in [0.4, 0.5) is 11.4 Å². The summed E-state index contributed by atoms with van der Waals surface area (Å²) in [6.07, 6.45) is 0. The highest BCUT2D eigenvalue weighted by Gasteiger charge is 2.04. The number of phenols is 2. The van der Waals surface area contributed by atoms with Crippen molar-refractivity contribution in [3.05, 3.63) is 47.5 Å². The van der Waals surface area contributed by atoms with Gasteiger partial charge in [-0.05, 0) is 42.3 Å². The third kappa shape index (κ3) is 3.89. The molecule has 0 radical (unpaired) electrons. The largest absolute Gasteiger partial charge is 0.504 e. The molecule has 5 nitrogen and oxygen atoms in total. The third-order valence-corrected chi connectivity index (χ3v) is 3.08. The summed E-state index contributed by atoms with van der Waals surface area (Å²) >= 11 is 0. The van der Waals surface area contributed by atoms with Crippen LogP contribution in [0.3, 0.4) is 0 Å². The van der Waals surface area contributed by atoms with Crippen molar-refractivity contribution in [2.24, 2.45) is 0 Å². The number of rotatable bonds is 4. The van der Waals surface area contributed by atoms with E-state index in [-0.39, 0.29) is 17.4 Å². The standard InChI is InChI=1S/C16H18N2O3/c1-10-3-5-13(18-11(2)19)8-14(10)17-9-12-4-6-15(20)16(21)7-12/h3-8,17,20-21H,9H2,1-2H3,(H,18,19). The van der Waals surface area contributed by atoms with Crippen molar-refractivity contribution in [1.82, 2.24) is 0 Å². The van der Waals surface area contributed by atoms with Crippen LogP contribution in [0, 0.1) is 6.92 Å². The molecule has 2 aromatic rings. The van der Waals surface area contributed by atoms with E-state index in [2.05, 4.69) is 10.6 Å². The molecule has 0 aliphatic rings. The molecule has 0 fully saturated rings. The average Bonchev–Trinajstić information content (AvgIpc) is 2.42. The fourth-order valence-corrected chi connectivity index (χ4v) is 1.97. The van der Waals surface area contributed by atoms with Gasteiger partial charge in [-0.25, -0.2) is 0 Å². The summed E-state index contributed by atoms with van der Waals surface area (Å²) in [4.78, 5) is 11.1. The first-order valence-corrected chi connectivity index (χ1v) is 6.58. The lowest BCUT2D eigenvalue weighted by molar-refractivity contribution is -0.114. The van der Waals surface area contributed by atoms with Gasteiger partial charge in [-0.3, -0.25) is 4.79 Å². The predicted octanol–water partition coefficient (Wildman–Crippen LogP) is 2.98. The van der Waals surface area contributed by atoms with E-state index in [4.69, 9.17) is 0 Å². The number of anilines is 2. The van der Waals surface area contributed by atoms with Crippen LogP contribution in [0.25, 0.3) is 0 Å². The van der Waals surface area contributed by atoms with Gasteiger partial charge in [0, 0.05) is 24.8 Å². The van der Waals surface area contributed by atoms with Crippen molar-refractivity contribution in [2.75, 3.05) is 10.6 Å². The maximum absolute atomic E-state index is 11.1. The highest BCUT2D eigenvalue weighted by Crippen LogP contribution is 2.26. The fourth-order valence-electron chi connectivity index (χ4n) is 1.97. The zero-order valence-corrected chi connectivity index (χ0v) is 12.0. The molecule has 0 atom stereocenters. The molecule has 1 amide bonds. The van der Waals surface area contributed by atoms with E-state index < -0.39 is 0 Å². The highest BCUT2D eigenvalue weighted by atomic mass is 16.3. The molecule has 5 heteroatoms. The first kappa shape index (κ1) is 14.7. The van der Waals surface area contributed by atoms with Gasteiger partial charge in [0.15, 0.2) is 11.5 Å². The van der Waals surface area contributed by atoms with Crippen LogP contribution in [-0.2, 0) is 11.3 Å². The van der Waals surface area contributed by atoms with Crippen molar-refractivity contribution in [1.29, 1.82) is 0 Å². The molecule has 110 valence electrons. The number of carbonyl (C=O) groups is 1. The summed E-state index contributed by atoms with van der Waals surface area (Å²) in [6, 6.07) is 10.3. The monoisotopic (exact) mass is 286 g/mol. The minimum atomic E-state index is -0.141. The number of phenolic OH excluding ortho intramolecular Hbond substituents is 2. The van der Waals surface area contributed by atoms with Gasteiger partial charge >= 0.3 is 0 Å². The van der Waals surface area contributed by atoms with Gasteiger partial charge in [0.05, 0.1) is 0 Å². The highest BCUT2D eigenvalue weighted by molar-refractivity contribution is 5.89. The minimum absolute atomic E-state index is 0.117. The molecule has 0 aliphatic carbocycles. The maximum atomic E-state index is 11.1. The molecular formula is C16H18N2O3. The SMILES string of the molecule is CC(=O)Nc1ccc(C)c(NCc2ccc(O)c(O)c2)c1. The number of carbonyl (C=O) groups excluding carboxylic acids is 1. The Morgan fingerprint density at radius 1 is 1.10 bits per heavy atom. The van der Waals surface area contributed by atoms with Gasteiger partial charge in [0.1, 0.15) is 0 Å². The van der Waals surface area contributed by atoms with E-state index in [1.807, 2.05) is 25.1 Å². The molecular weight excluding hydrogens is 268 g/mol. The van der Waals surface area contributed by atoms with Crippen molar-refractivity contribution in [3.63, 3.8) is 0 Å². The quantitative estimate of drug-likeness (QED) is 0.651. The molecule has 0 aromatic heterocycles. The molecule has 0 saturated heterocycles. The predicted molar refractivity (Wildman–Crippen MR) is 82.6 cm³/mol. The van der Waals surface area contributed by atoms with Gasteiger partial charge in [0.25, 0.3) is 0 Å². The third-order valence-electron chi connectivity index (χ3n) is 3.08. The summed E-state index contributed by atoms with van der Waals surface area (Å²) < 4.78 is 0. The van der Waals surface area contributed by atoms with Gasteiger partial charge in [0.2, 0.25) is 5.91 Å². The van der Waals surface area contributed by atoms with Crippen molar-refractivity contribution < 1.29 is 15.0 Å². The van der Waals surface area contributed by atoms with Crippen LogP contribution in [0.1, 0.15) is 18.1 Å². The van der Waals surface area contributed by atoms with Crippen molar-refractivity contribution in [3.8, 4) is 11.5 Å². The number of nitrogens with one attached hydrogen (secondary N) is 2. The number of hydrogen-bond acceptors (Lipinski definition) is 4. The summed E-state index contributed by atoms with van der Waals surface area (Å²) in [6.45, 7) is 3.93. The minimum Gasteiger partial charge on any atom is -0.504 e. The normalized spacial score (nSPS) is 10.2. The van der Waals surface area contributed by atoms with Crippen LogP contribution in [0.15, 0.2) is 36.4 Å². The molecule has 2 rings (SSSR count). The summed E-state index contributed by atoms with van der Waals surface area (Å²) in [5, 5.41) is 24.7. The smallest absolute Gasteiger partial charge is 0.221 e. The summed E-state index contributed by atoms with van der Waals surface area (Å²) in [5.74, 6) is -0.395. The van der Waals surface area contributed by atoms with E-state index in [1.54, 1.807) is 6.07 Å². The van der Waals surface area contributed by atoms with E-state index in [0.717, 1.165) is 22.5 Å². The average molecular weight is 286 g/mol. The molecule has 0 spiro atoms. The lowest BCUT2D eigenvalue weighted by Crippen LogP contribution is -2.07. The molecule has 0 aliphatic heterocycles. The van der Waals surface area contributed by atoms with Gasteiger partial charge in [-0.2, -0.15) is 0 Å². The molecule has 0 bridgehead atoms. The molecule has 0 saturated carbocycles. The van der Waals surface area contributed by atoms with E-state index >= 15 is 0 Å². The van der Waals surface area contributed by atoms with Crippen LogP contribution >= 0.6 is 0 Å². The number of aromatic hydroxyl groups is 2. The Labute approximate surface area is 123 Å². The zero-order valence-electron chi connectivity index (χ0n) is 12.0. The lowest BCUT2D eigenvalue weighted by Gasteiger charge is -2.12. The van der Waals surface area contributed by atoms with E-state index in [9.17, 15) is 15.0 Å². The Kier molecular flexibility index (Phi) is 4.33. The Morgan fingerprint density at radius 3 is 2.52 bits per heavy atom. The van der Waals surface area contributed by atoms with Crippen molar-refractivity contribution >= 4 is 17.3 Å². The first-order valence-electron chi connectivity index (χ1n) is 6.58.